The van der Waals surface area contributed by atoms with Crippen LogP contribution in [0.1, 0.15) is 29.5 Å². The molecule has 0 N–H and O–H groups in total. The topological polar surface area (TPSA) is 20.3 Å². The van der Waals surface area contributed by atoms with Gasteiger partial charge in [-0.05, 0) is 37.3 Å². The third-order valence-corrected chi connectivity index (χ3v) is 3.42. The van der Waals surface area contributed by atoms with Gasteiger partial charge in [0.15, 0.2) is 0 Å². The molecule has 0 aliphatic carbocycles. The van der Waals surface area contributed by atoms with E-state index in [1.807, 2.05) is 4.90 Å². The molecule has 0 unspecified atom stereocenters. The van der Waals surface area contributed by atoms with Crippen molar-refractivity contribution in [2.24, 2.45) is 0 Å². The van der Waals surface area contributed by atoms with Gasteiger partial charge in [0.05, 0.1) is 5.69 Å². The van der Waals surface area contributed by atoms with E-state index in [0.717, 1.165) is 25.8 Å². The minimum absolute atomic E-state index is 0.312. The second-order valence-electron chi connectivity index (χ2n) is 4.58. The van der Waals surface area contributed by atoms with Gasteiger partial charge in [0.2, 0.25) is 5.91 Å². The highest BCUT2D eigenvalue weighted by atomic mass is 16.2. The van der Waals surface area contributed by atoms with Crippen LogP contribution in [-0.4, -0.2) is 12.5 Å². The van der Waals surface area contributed by atoms with Crippen molar-refractivity contribution in [1.29, 1.82) is 0 Å². The molecule has 1 aromatic rings. The highest BCUT2D eigenvalue weighted by Gasteiger charge is 2.28. The number of hydrogen-bond acceptors (Lipinski definition) is 1. The van der Waals surface area contributed by atoms with Crippen LogP contribution < -0.4 is 4.90 Å². The number of aryl methyl sites for hydroxylation is 3. The van der Waals surface area contributed by atoms with Crippen LogP contribution in [0.15, 0.2) is 12.1 Å². The molecule has 0 atom stereocenters. The summed E-state index contributed by atoms with van der Waals surface area (Å²) in [4.78, 5) is 13.8. The second kappa shape index (κ2) is 3.09. The molecule has 78 valence electrons. The maximum atomic E-state index is 11.8. The van der Waals surface area contributed by atoms with Crippen molar-refractivity contribution >= 4 is 11.6 Å². The van der Waals surface area contributed by atoms with Crippen molar-refractivity contribution in [3.63, 3.8) is 0 Å². The number of anilines is 1. The average Bonchev–Trinajstić information content (AvgIpc) is 2.23. The summed E-state index contributed by atoms with van der Waals surface area (Å²) in [6.45, 7) is 3.06. The van der Waals surface area contributed by atoms with Crippen molar-refractivity contribution in [3.8, 4) is 0 Å². The van der Waals surface area contributed by atoms with E-state index in [2.05, 4.69) is 19.1 Å². The fraction of sp³-hybridized carbons (Fsp3) is 0.462. The molecule has 0 aromatic heterocycles. The number of benzene rings is 1. The summed E-state index contributed by atoms with van der Waals surface area (Å²) in [7, 11) is 0. The van der Waals surface area contributed by atoms with Crippen LogP contribution in [0.25, 0.3) is 0 Å². The minimum Gasteiger partial charge on any atom is -0.312 e. The molecule has 0 radical (unpaired) electrons. The van der Waals surface area contributed by atoms with Crippen molar-refractivity contribution in [2.45, 2.75) is 32.6 Å². The van der Waals surface area contributed by atoms with Gasteiger partial charge in [0, 0.05) is 13.0 Å². The number of nitrogens with zero attached hydrogens (tertiary/aromatic N) is 1. The Balaban J connectivity index is 2.22. The van der Waals surface area contributed by atoms with E-state index in [1.165, 1.54) is 22.4 Å². The quantitative estimate of drug-likeness (QED) is 0.630. The summed E-state index contributed by atoms with van der Waals surface area (Å²) in [5, 5.41) is 0. The Bertz CT molecular complexity index is 419. The number of rotatable bonds is 0. The maximum absolute atomic E-state index is 11.8. The lowest BCUT2D eigenvalue weighted by molar-refractivity contribution is -0.119. The van der Waals surface area contributed by atoms with Gasteiger partial charge < -0.3 is 4.90 Å². The largest absolute Gasteiger partial charge is 0.312 e. The van der Waals surface area contributed by atoms with Gasteiger partial charge in [0.1, 0.15) is 0 Å². The number of carbonyl (C=O) groups is 1. The summed E-state index contributed by atoms with van der Waals surface area (Å²) in [5.41, 5.74) is 5.33. The number of amides is 1. The molecule has 2 aliphatic heterocycles. The summed E-state index contributed by atoms with van der Waals surface area (Å²) in [5.74, 6) is 0.312. The molecule has 1 aromatic carbocycles. The summed E-state index contributed by atoms with van der Waals surface area (Å²) in [6, 6.07) is 4.48. The van der Waals surface area contributed by atoms with Gasteiger partial charge in [-0.1, -0.05) is 17.7 Å². The molecule has 2 heteroatoms. The summed E-state index contributed by atoms with van der Waals surface area (Å²) >= 11 is 0. The molecular weight excluding hydrogens is 186 g/mol. The molecule has 2 nitrogen and oxygen atoms in total. The van der Waals surface area contributed by atoms with E-state index in [9.17, 15) is 4.79 Å². The fourth-order valence-electron chi connectivity index (χ4n) is 2.83. The molecule has 0 saturated carbocycles. The van der Waals surface area contributed by atoms with Crippen LogP contribution in [0.2, 0.25) is 0 Å². The predicted octanol–water partition coefficient (Wildman–Crippen LogP) is 2.22. The van der Waals surface area contributed by atoms with Crippen LogP contribution in [0.5, 0.6) is 0 Å². The first-order chi connectivity index (χ1) is 7.25. The Morgan fingerprint density at radius 3 is 2.67 bits per heavy atom. The SMILES string of the molecule is Cc1cc2c3c(c1)CCC(=O)N3CCC2. The summed E-state index contributed by atoms with van der Waals surface area (Å²) in [6.07, 6.45) is 3.87. The number of hydrogen-bond donors (Lipinski definition) is 0. The average molecular weight is 201 g/mol. The Hall–Kier alpha value is -1.31. The smallest absolute Gasteiger partial charge is 0.227 e. The zero-order valence-electron chi connectivity index (χ0n) is 9.05. The Morgan fingerprint density at radius 1 is 1.13 bits per heavy atom. The standard InChI is InChI=1S/C13H15NO/c1-9-7-10-3-2-6-14-12(15)5-4-11(8-9)13(10)14/h7-8H,2-6H2,1H3. The lowest BCUT2D eigenvalue weighted by Gasteiger charge is -2.35. The zero-order valence-corrected chi connectivity index (χ0v) is 9.05. The van der Waals surface area contributed by atoms with E-state index < -0.39 is 0 Å². The van der Waals surface area contributed by atoms with E-state index in [1.54, 1.807) is 0 Å². The van der Waals surface area contributed by atoms with Crippen LogP contribution in [0.3, 0.4) is 0 Å². The fourth-order valence-corrected chi connectivity index (χ4v) is 2.83. The molecule has 0 spiro atoms. The third kappa shape index (κ3) is 1.28. The van der Waals surface area contributed by atoms with Gasteiger partial charge in [-0.2, -0.15) is 0 Å². The molecular formula is C13H15NO. The molecule has 15 heavy (non-hydrogen) atoms. The monoisotopic (exact) mass is 201 g/mol. The van der Waals surface area contributed by atoms with Gasteiger partial charge >= 0.3 is 0 Å². The van der Waals surface area contributed by atoms with Crippen LogP contribution in [0, 0.1) is 6.92 Å². The Morgan fingerprint density at radius 2 is 1.87 bits per heavy atom. The van der Waals surface area contributed by atoms with Crippen LogP contribution in [-0.2, 0) is 17.6 Å². The van der Waals surface area contributed by atoms with Crippen molar-refractivity contribution in [3.05, 3.63) is 28.8 Å². The van der Waals surface area contributed by atoms with Crippen LogP contribution >= 0.6 is 0 Å². The highest BCUT2D eigenvalue weighted by molar-refractivity contribution is 5.97. The summed E-state index contributed by atoms with van der Waals surface area (Å²) < 4.78 is 0. The van der Waals surface area contributed by atoms with Crippen molar-refractivity contribution in [2.75, 3.05) is 11.4 Å². The normalized spacial score (nSPS) is 19.0. The molecule has 0 saturated heterocycles. The minimum atomic E-state index is 0.312. The molecule has 2 heterocycles. The predicted molar refractivity (Wildman–Crippen MR) is 60.2 cm³/mol. The molecule has 2 aliphatic rings. The highest BCUT2D eigenvalue weighted by Crippen LogP contribution is 2.36. The first-order valence-corrected chi connectivity index (χ1v) is 5.68. The lowest BCUT2D eigenvalue weighted by Crippen LogP contribution is -2.39. The lowest BCUT2D eigenvalue weighted by atomic mass is 9.90. The molecule has 1 amide bonds. The van der Waals surface area contributed by atoms with Crippen LogP contribution in [0.4, 0.5) is 5.69 Å². The van der Waals surface area contributed by atoms with E-state index in [4.69, 9.17) is 0 Å². The van der Waals surface area contributed by atoms with E-state index in [0.29, 0.717) is 12.3 Å². The van der Waals surface area contributed by atoms with Gasteiger partial charge in [-0.25, -0.2) is 0 Å². The maximum Gasteiger partial charge on any atom is 0.227 e. The van der Waals surface area contributed by atoms with Crippen molar-refractivity contribution < 1.29 is 4.79 Å². The Kier molecular flexibility index (Phi) is 1.84. The first kappa shape index (κ1) is 8.96. The van der Waals surface area contributed by atoms with Crippen molar-refractivity contribution in [1.82, 2.24) is 0 Å². The number of carbonyl (C=O) groups excluding carboxylic acids is 1. The third-order valence-electron chi connectivity index (χ3n) is 3.42. The second-order valence-corrected chi connectivity index (χ2v) is 4.58. The van der Waals surface area contributed by atoms with Gasteiger partial charge in [0.25, 0.3) is 0 Å². The van der Waals surface area contributed by atoms with E-state index in [-0.39, 0.29) is 0 Å². The molecule has 3 rings (SSSR count). The van der Waals surface area contributed by atoms with E-state index >= 15 is 0 Å². The van der Waals surface area contributed by atoms with Gasteiger partial charge in [-0.3, -0.25) is 4.79 Å². The zero-order chi connectivity index (χ0) is 10.4. The molecule has 0 fully saturated rings. The van der Waals surface area contributed by atoms with Gasteiger partial charge in [-0.15, -0.1) is 0 Å². The Labute approximate surface area is 89.9 Å². The molecule has 0 bridgehead atoms. The first-order valence-electron chi connectivity index (χ1n) is 5.68.